The van der Waals surface area contributed by atoms with Crippen LogP contribution in [0.15, 0.2) is 11.2 Å². The van der Waals surface area contributed by atoms with Gasteiger partial charge in [0.05, 0.1) is 5.03 Å². The lowest BCUT2D eigenvalue weighted by Gasteiger charge is -2.21. The van der Waals surface area contributed by atoms with Crippen molar-refractivity contribution in [3.63, 3.8) is 0 Å². The molecule has 0 unspecified atom stereocenters. The van der Waals surface area contributed by atoms with E-state index in [0.29, 0.717) is 5.03 Å². The van der Waals surface area contributed by atoms with Crippen molar-refractivity contribution in [1.29, 1.82) is 0 Å². The quantitative estimate of drug-likeness (QED) is 0.299. The normalized spacial score (nSPS) is 17.1. The predicted molar refractivity (Wildman–Crippen MR) is 72.9 cm³/mol. The molecular weight excluding hydrogens is 265 g/mol. The minimum absolute atomic E-state index is 0.257. The van der Waals surface area contributed by atoms with E-state index in [1.54, 1.807) is 10.5 Å². The number of unbranched alkanes of at least 4 members (excludes halogenated alkanes) is 5. The van der Waals surface area contributed by atoms with Crippen LogP contribution in [-0.2, 0) is 14.8 Å². The topological polar surface area (TPSA) is 20.3 Å². The molecule has 1 aliphatic rings. The van der Waals surface area contributed by atoms with Gasteiger partial charge >= 0.3 is 0 Å². The molecule has 0 fully saturated rings. The molecule has 0 amide bonds. The first kappa shape index (κ1) is 14.2. The SMILES string of the molecule is CCCCCCCCN1C=C(Cl)C(Cl)=[S-]1=O. The van der Waals surface area contributed by atoms with Gasteiger partial charge in [-0.25, -0.2) is 0 Å². The first-order valence-electron chi connectivity index (χ1n) is 5.75. The molecule has 0 aromatic carbocycles. The fourth-order valence-corrected chi connectivity index (χ4v) is 3.22. The number of hydrogen-bond donors (Lipinski definition) is 0. The fourth-order valence-electron chi connectivity index (χ4n) is 1.61. The summed E-state index contributed by atoms with van der Waals surface area (Å²) in [5.41, 5.74) is 0. The van der Waals surface area contributed by atoms with Crippen LogP contribution in [0.25, 0.3) is 0 Å². The van der Waals surface area contributed by atoms with Gasteiger partial charge in [-0.3, -0.25) is 0 Å². The van der Waals surface area contributed by atoms with Crippen LogP contribution in [0.3, 0.4) is 0 Å². The molecule has 1 aliphatic heterocycles. The molecule has 16 heavy (non-hydrogen) atoms. The second-order valence-electron chi connectivity index (χ2n) is 3.91. The molecule has 0 aromatic heterocycles. The Morgan fingerprint density at radius 3 is 2.38 bits per heavy atom. The second-order valence-corrected chi connectivity index (χ2v) is 6.29. The predicted octanol–water partition coefficient (Wildman–Crippen LogP) is 3.99. The van der Waals surface area contributed by atoms with E-state index in [4.69, 9.17) is 23.2 Å². The molecule has 0 atom stereocenters. The van der Waals surface area contributed by atoms with E-state index in [2.05, 4.69) is 6.92 Å². The van der Waals surface area contributed by atoms with Gasteiger partial charge < -0.3 is 8.51 Å². The van der Waals surface area contributed by atoms with Gasteiger partial charge in [0.2, 0.25) is 0 Å². The van der Waals surface area contributed by atoms with Gasteiger partial charge in [0.15, 0.2) is 0 Å². The van der Waals surface area contributed by atoms with E-state index in [0.717, 1.165) is 13.0 Å². The number of rotatable bonds is 7. The third-order valence-electron chi connectivity index (χ3n) is 2.54. The zero-order chi connectivity index (χ0) is 12.0. The lowest BCUT2D eigenvalue weighted by Crippen LogP contribution is -2.14. The summed E-state index contributed by atoms with van der Waals surface area (Å²) in [5, 5.41) is 0.408. The fraction of sp³-hybridized carbons (Fsp3) is 0.727. The van der Waals surface area contributed by atoms with Crippen LogP contribution in [0, 0.1) is 0 Å². The van der Waals surface area contributed by atoms with Gasteiger partial charge in [0, 0.05) is 6.20 Å². The Balaban J connectivity index is 2.18. The van der Waals surface area contributed by atoms with Crippen molar-refractivity contribution in [3.05, 3.63) is 11.2 Å². The molecule has 1 rings (SSSR count). The summed E-state index contributed by atoms with van der Waals surface area (Å²) in [7, 11) is -1.25. The number of nitrogens with zero attached hydrogens (tertiary/aromatic N) is 1. The maximum Gasteiger partial charge on any atom is 0.0511 e. The summed E-state index contributed by atoms with van der Waals surface area (Å²) in [5.74, 6) is 0. The Kier molecular flexibility index (Phi) is 6.62. The van der Waals surface area contributed by atoms with Crippen LogP contribution in [-0.4, -0.2) is 15.2 Å². The van der Waals surface area contributed by atoms with Gasteiger partial charge in [-0.1, -0.05) is 50.6 Å². The van der Waals surface area contributed by atoms with E-state index < -0.39 is 10.6 Å². The van der Waals surface area contributed by atoms with Crippen molar-refractivity contribution in [1.82, 2.24) is 4.31 Å². The van der Waals surface area contributed by atoms with Gasteiger partial charge in [-0.05, 0) is 17.3 Å². The van der Waals surface area contributed by atoms with Crippen molar-refractivity contribution in [3.8, 4) is 0 Å². The molecule has 0 radical (unpaired) electrons. The highest BCUT2D eigenvalue weighted by Gasteiger charge is 2.06. The van der Waals surface area contributed by atoms with E-state index >= 15 is 0 Å². The van der Waals surface area contributed by atoms with Crippen molar-refractivity contribution in [2.75, 3.05) is 6.54 Å². The third kappa shape index (κ3) is 4.19. The molecule has 0 saturated heterocycles. The van der Waals surface area contributed by atoms with Crippen molar-refractivity contribution in [2.24, 2.45) is 0 Å². The molecule has 5 heteroatoms. The summed E-state index contributed by atoms with van der Waals surface area (Å²) in [4.78, 5) is 0. The molecule has 0 spiro atoms. The van der Waals surface area contributed by atoms with E-state index in [1.807, 2.05) is 0 Å². The van der Waals surface area contributed by atoms with Gasteiger partial charge in [0.25, 0.3) is 0 Å². The zero-order valence-corrected chi connectivity index (χ0v) is 11.9. The molecule has 0 aromatic rings. The molecule has 0 aliphatic carbocycles. The van der Waals surface area contributed by atoms with Crippen molar-refractivity contribution >= 4 is 38.1 Å². The Labute approximate surface area is 110 Å². The average molecular weight is 283 g/mol. The van der Waals surface area contributed by atoms with Gasteiger partial charge in [-0.15, -0.1) is 11.6 Å². The van der Waals surface area contributed by atoms with E-state index in [1.165, 1.54) is 32.1 Å². The minimum Gasteiger partial charge on any atom is -0.440 e. The molecule has 2 nitrogen and oxygen atoms in total. The molecule has 1 heterocycles. The van der Waals surface area contributed by atoms with Crippen LogP contribution < -0.4 is 0 Å². The lowest BCUT2D eigenvalue weighted by atomic mass is 10.1. The lowest BCUT2D eigenvalue weighted by molar-refractivity contribution is 0.507. The van der Waals surface area contributed by atoms with E-state index in [-0.39, 0.29) is 4.32 Å². The Morgan fingerprint density at radius 1 is 1.19 bits per heavy atom. The van der Waals surface area contributed by atoms with Crippen LogP contribution in [0.5, 0.6) is 0 Å². The number of halogens is 2. The second kappa shape index (κ2) is 7.46. The van der Waals surface area contributed by atoms with E-state index in [9.17, 15) is 4.21 Å². The van der Waals surface area contributed by atoms with Crippen molar-refractivity contribution < 1.29 is 4.21 Å². The average Bonchev–Trinajstić information content (AvgIpc) is 2.51. The van der Waals surface area contributed by atoms with Crippen LogP contribution in [0.2, 0.25) is 0 Å². The first-order valence-corrected chi connectivity index (χ1v) is 7.61. The van der Waals surface area contributed by atoms with Gasteiger partial charge in [0.1, 0.15) is 0 Å². The maximum atomic E-state index is 11.6. The van der Waals surface area contributed by atoms with Crippen LogP contribution in [0.4, 0.5) is 0 Å². The monoisotopic (exact) mass is 282 g/mol. The van der Waals surface area contributed by atoms with Crippen molar-refractivity contribution in [2.45, 2.75) is 45.4 Å². The largest absolute Gasteiger partial charge is 0.440 e. The summed E-state index contributed by atoms with van der Waals surface area (Å²) < 4.78 is 13.6. The Morgan fingerprint density at radius 2 is 1.81 bits per heavy atom. The van der Waals surface area contributed by atoms with Crippen LogP contribution in [0.1, 0.15) is 45.4 Å². The highest BCUT2D eigenvalue weighted by molar-refractivity contribution is 7.86. The third-order valence-corrected chi connectivity index (χ3v) is 4.88. The summed E-state index contributed by atoms with van der Waals surface area (Å²) >= 11 is 11.6. The summed E-state index contributed by atoms with van der Waals surface area (Å²) in [6.07, 6.45) is 9.01. The Bertz CT molecular complexity index is 335. The number of allylic oxidation sites excluding steroid dienone is 1. The molecule has 0 bridgehead atoms. The first-order chi connectivity index (χ1) is 7.66. The molecule has 94 valence electrons. The summed E-state index contributed by atoms with van der Waals surface area (Å²) in [6, 6.07) is 0. The number of hydrogen-bond acceptors (Lipinski definition) is 2. The van der Waals surface area contributed by atoms with Gasteiger partial charge in [-0.2, -0.15) is 10.6 Å². The molecule has 0 saturated carbocycles. The summed E-state index contributed by atoms with van der Waals surface area (Å²) in [6.45, 7) is 2.98. The van der Waals surface area contributed by atoms with Crippen LogP contribution >= 0.6 is 23.2 Å². The highest BCUT2D eigenvalue weighted by atomic mass is 35.5. The standard InChI is InChI=1S/C11H18Cl2NOS/c1-2-3-4-5-6-7-8-14-9-10(12)11(13)16(14)15/h9H,2-8H2,1H3/q-1. The Hall–Kier alpha value is 0.140. The molecule has 0 N–H and O–H groups in total. The highest BCUT2D eigenvalue weighted by Crippen LogP contribution is 2.19. The smallest absolute Gasteiger partial charge is 0.0511 e. The maximum absolute atomic E-state index is 11.6. The zero-order valence-electron chi connectivity index (χ0n) is 9.55. The minimum atomic E-state index is -1.25. The molecular formula is C11H18Cl2NOS-.